The molecule has 0 radical (unpaired) electrons. The molecule has 0 bridgehead atoms. The van der Waals surface area contributed by atoms with Crippen molar-refractivity contribution in [3.63, 3.8) is 0 Å². The molecule has 1 amide bonds. The van der Waals surface area contributed by atoms with Crippen LogP contribution in [0.25, 0.3) is 0 Å². The van der Waals surface area contributed by atoms with Crippen LogP contribution in [0.2, 0.25) is 0 Å². The fourth-order valence-corrected chi connectivity index (χ4v) is 2.51. The van der Waals surface area contributed by atoms with Crippen molar-refractivity contribution in [2.24, 2.45) is 5.73 Å². The molecule has 0 aliphatic heterocycles. The number of nitrogens with two attached hydrogens (primary N) is 1. The van der Waals surface area contributed by atoms with Crippen molar-refractivity contribution < 1.29 is 14.3 Å². The number of carbonyl (C=O) groups is 1. The number of hydrogen-bond donors (Lipinski definition) is 1. The van der Waals surface area contributed by atoms with Crippen LogP contribution >= 0.6 is 11.3 Å². The number of carbonyl (C=O) groups excluding carboxylic acids is 1. The first-order valence-electron chi connectivity index (χ1n) is 6.64. The molecule has 0 spiro atoms. The number of aromatic nitrogens is 1. The van der Waals surface area contributed by atoms with Crippen LogP contribution in [0.4, 0.5) is 0 Å². The Balaban J connectivity index is 2.63. The predicted octanol–water partition coefficient (Wildman–Crippen LogP) is 0.769. The number of thiazole rings is 1. The summed E-state index contributed by atoms with van der Waals surface area (Å²) in [4.78, 5) is 18.5. The molecule has 20 heavy (non-hydrogen) atoms. The van der Waals surface area contributed by atoms with E-state index in [4.69, 9.17) is 15.2 Å². The minimum absolute atomic E-state index is 0.0577. The molecule has 0 aliphatic carbocycles. The topological polar surface area (TPSA) is 77.7 Å². The van der Waals surface area contributed by atoms with Crippen LogP contribution in [0.3, 0.4) is 0 Å². The van der Waals surface area contributed by atoms with E-state index in [9.17, 15) is 4.79 Å². The van der Waals surface area contributed by atoms with E-state index in [0.29, 0.717) is 45.0 Å². The summed E-state index contributed by atoms with van der Waals surface area (Å²) in [5, 5.41) is 2.70. The second-order valence-corrected chi connectivity index (χ2v) is 5.24. The molecule has 0 fully saturated rings. The van der Waals surface area contributed by atoms with Gasteiger partial charge < -0.3 is 20.1 Å². The van der Waals surface area contributed by atoms with Crippen LogP contribution in [0.1, 0.15) is 21.9 Å². The summed E-state index contributed by atoms with van der Waals surface area (Å²) in [5.74, 6) is -0.0577. The molecule has 6 nitrogen and oxygen atoms in total. The van der Waals surface area contributed by atoms with Crippen molar-refractivity contribution in [1.82, 2.24) is 9.88 Å². The van der Waals surface area contributed by atoms with Crippen molar-refractivity contribution in [1.29, 1.82) is 0 Å². The molecule has 7 heteroatoms. The van der Waals surface area contributed by atoms with Crippen molar-refractivity contribution in [2.75, 3.05) is 47.1 Å². The highest BCUT2D eigenvalue weighted by Gasteiger charge is 2.18. The highest BCUT2D eigenvalue weighted by molar-refractivity contribution is 7.09. The maximum absolute atomic E-state index is 12.4. The van der Waals surface area contributed by atoms with Gasteiger partial charge >= 0.3 is 0 Å². The van der Waals surface area contributed by atoms with Gasteiger partial charge in [0.05, 0.1) is 11.6 Å². The van der Waals surface area contributed by atoms with E-state index >= 15 is 0 Å². The van der Waals surface area contributed by atoms with Gasteiger partial charge in [-0.1, -0.05) is 0 Å². The third kappa shape index (κ3) is 5.54. The Kier molecular flexibility index (Phi) is 8.36. The SMILES string of the molecule is COCCCN(CCOC)C(=O)c1csc(CCN)n1. The highest BCUT2D eigenvalue weighted by Crippen LogP contribution is 2.12. The van der Waals surface area contributed by atoms with Crippen molar-refractivity contribution in [3.05, 3.63) is 16.1 Å². The van der Waals surface area contributed by atoms with Crippen LogP contribution in [0.5, 0.6) is 0 Å². The van der Waals surface area contributed by atoms with Gasteiger partial charge in [-0.3, -0.25) is 4.79 Å². The summed E-state index contributed by atoms with van der Waals surface area (Å²) in [5.41, 5.74) is 5.99. The Morgan fingerprint density at radius 3 is 2.75 bits per heavy atom. The average molecular weight is 301 g/mol. The molecular formula is C13H23N3O3S. The van der Waals surface area contributed by atoms with Crippen LogP contribution in [-0.2, 0) is 15.9 Å². The van der Waals surface area contributed by atoms with Crippen molar-refractivity contribution >= 4 is 17.2 Å². The van der Waals surface area contributed by atoms with Gasteiger partial charge in [-0.05, 0) is 13.0 Å². The first-order chi connectivity index (χ1) is 9.72. The Bertz CT molecular complexity index is 398. The van der Waals surface area contributed by atoms with Crippen molar-refractivity contribution in [2.45, 2.75) is 12.8 Å². The molecule has 0 saturated heterocycles. The summed E-state index contributed by atoms with van der Waals surface area (Å²) >= 11 is 1.48. The molecule has 1 aromatic heterocycles. The standard InChI is InChI=1S/C13H23N3O3S/c1-18-8-3-6-16(7-9-19-2)13(17)11-10-20-12(15-11)4-5-14/h10H,3-9,14H2,1-2H3. The lowest BCUT2D eigenvalue weighted by Gasteiger charge is -2.21. The fraction of sp³-hybridized carbons (Fsp3) is 0.692. The maximum atomic E-state index is 12.4. The molecule has 114 valence electrons. The number of hydrogen-bond acceptors (Lipinski definition) is 6. The van der Waals surface area contributed by atoms with Gasteiger partial charge in [-0.25, -0.2) is 4.98 Å². The van der Waals surface area contributed by atoms with Crippen LogP contribution < -0.4 is 5.73 Å². The number of nitrogens with zero attached hydrogens (tertiary/aromatic N) is 2. The fourth-order valence-electron chi connectivity index (χ4n) is 1.73. The molecule has 1 aromatic rings. The van der Waals surface area contributed by atoms with E-state index in [-0.39, 0.29) is 5.91 Å². The number of amides is 1. The summed E-state index contributed by atoms with van der Waals surface area (Å²) in [6, 6.07) is 0. The molecule has 2 N–H and O–H groups in total. The third-order valence-corrected chi connectivity index (χ3v) is 3.67. The lowest BCUT2D eigenvalue weighted by molar-refractivity contribution is 0.0669. The zero-order valence-corrected chi connectivity index (χ0v) is 12.9. The van der Waals surface area contributed by atoms with Gasteiger partial charge in [-0.2, -0.15) is 0 Å². The zero-order valence-electron chi connectivity index (χ0n) is 12.1. The summed E-state index contributed by atoms with van der Waals surface area (Å²) < 4.78 is 10.1. The van der Waals surface area contributed by atoms with Gasteiger partial charge in [0.1, 0.15) is 5.69 Å². The van der Waals surface area contributed by atoms with E-state index < -0.39 is 0 Å². The predicted molar refractivity (Wildman–Crippen MR) is 79.1 cm³/mol. The third-order valence-electron chi connectivity index (χ3n) is 2.76. The summed E-state index contributed by atoms with van der Waals surface area (Å²) in [6.45, 7) is 2.88. The largest absolute Gasteiger partial charge is 0.385 e. The Morgan fingerprint density at radius 2 is 2.10 bits per heavy atom. The Labute approximate surface area is 123 Å². The maximum Gasteiger partial charge on any atom is 0.273 e. The van der Waals surface area contributed by atoms with Gasteiger partial charge in [-0.15, -0.1) is 11.3 Å². The quantitative estimate of drug-likeness (QED) is 0.646. The lowest BCUT2D eigenvalue weighted by atomic mass is 10.3. The van der Waals surface area contributed by atoms with E-state index in [1.54, 1.807) is 24.5 Å². The number of ether oxygens (including phenoxy) is 2. The van der Waals surface area contributed by atoms with Crippen LogP contribution in [0, 0.1) is 0 Å². The molecule has 1 rings (SSSR count). The van der Waals surface area contributed by atoms with Gasteiger partial charge in [0, 0.05) is 45.7 Å². The number of rotatable bonds is 10. The normalized spacial score (nSPS) is 10.8. The highest BCUT2D eigenvalue weighted by atomic mass is 32.1. The second kappa shape index (κ2) is 9.82. The summed E-state index contributed by atoms with van der Waals surface area (Å²) in [6.07, 6.45) is 1.51. The first kappa shape index (κ1) is 17.0. The monoisotopic (exact) mass is 301 g/mol. The first-order valence-corrected chi connectivity index (χ1v) is 7.52. The van der Waals surface area contributed by atoms with Crippen LogP contribution in [-0.4, -0.2) is 62.9 Å². The van der Waals surface area contributed by atoms with Gasteiger partial charge in [0.2, 0.25) is 0 Å². The van der Waals surface area contributed by atoms with Gasteiger partial charge in [0.15, 0.2) is 0 Å². The Morgan fingerprint density at radius 1 is 1.35 bits per heavy atom. The van der Waals surface area contributed by atoms with E-state index in [1.807, 2.05) is 0 Å². The molecule has 0 unspecified atom stereocenters. The minimum atomic E-state index is -0.0577. The zero-order chi connectivity index (χ0) is 14.8. The second-order valence-electron chi connectivity index (χ2n) is 4.30. The molecule has 0 atom stereocenters. The smallest absolute Gasteiger partial charge is 0.273 e. The molecule has 1 heterocycles. The van der Waals surface area contributed by atoms with Crippen LogP contribution in [0.15, 0.2) is 5.38 Å². The van der Waals surface area contributed by atoms with Gasteiger partial charge in [0.25, 0.3) is 5.91 Å². The molecule has 0 aromatic carbocycles. The van der Waals surface area contributed by atoms with Crippen molar-refractivity contribution in [3.8, 4) is 0 Å². The van der Waals surface area contributed by atoms with E-state index in [1.165, 1.54) is 11.3 Å². The number of methoxy groups -OCH3 is 2. The Hall–Kier alpha value is -1.02. The summed E-state index contributed by atoms with van der Waals surface area (Å²) in [7, 11) is 3.28. The average Bonchev–Trinajstić information content (AvgIpc) is 2.91. The minimum Gasteiger partial charge on any atom is -0.385 e. The van der Waals surface area contributed by atoms with E-state index in [2.05, 4.69) is 4.98 Å². The molecule has 0 saturated carbocycles. The lowest BCUT2D eigenvalue weighted by Crippen LogP contribution is -2.35. The van der Waals surface area contributed by atoms with E-state index in [0.717, 1.165) is 11.4 Å². The molecule has 0 aliphatic rings. The molecular weight excluding hydrogens is 278 g/mol.